The van der Waals surface area contributed by atoms with Crippen molar-refractivity contribution in [3.63, 3.8) is 0 Å². The highest BCUT2D eigenvalue weighted by atomic mass is 35.5. The minimum absolute atomic E-state index is 0.0271. The summed E-state index contributed by atoms with van der Waals surface area (Å²) in [5, 5.41) is 0. The van der Waals surface area contributed by atoms with Crippen molar-refractivity contribution in [2.24, 2.45) is 0 Å². The molecule has 1 nitrogen and oxygen atoms in total. The molecule has 0 fully saturated rings. The number of allylic oxidation sites excluding steroid dienone is 1. The summed E-state index contributed by atoms with van der Waals surface area (Å²) in [5.74, 6) is 0.356. The van der Waals surface area contributed by atoms with Gasteiger partial charge < -0.3 is 0 Å². The van der Waals surface area contributed by atoms with Crippen LogP contribution < -0.4 is 0 Å². The molecule has 150 valence electrons. The first-order valence-electron chi connectivity index (χ1n) is 9.57. The van der Waals surface area contributed by atoms with Crippen LogP contribution in [0, 0.1) is 0 Å². The molecule has 0 aliphatic heterocycles. The molecule has 0 bridgehead atoms. The van der Waals surface area contributed by atoms with E-state index in [1.54, 1.807) is 30.3 Å². The SMILES string of the molecule is CCCCCCC(=C=C(CC(F)(F)F)c1ccccc1)C(=O)CCCCCl. The third kappa shape index (κ3) is 10.4. The summed E-state index contributed by atoms with van der Waals surface area (Å²) in [7, 11) is 0. The van der Waals surface area contributed by atoms with Crippen molar-refractivity contribution in [2.45, 2.75) is 70.9 Å². The van der Waals surface area contributed by atoms with E-state index in [0.717, 1.165) is 25.7 Å². The second-order valence-electron chi connectivity index (χ2n) is 6.62. The largest absolute Gasteiger partial charge is 0.393 e. The van der Waals surface area contributed by atoms with Gasteiger partial charge in [0.2, 0.25) is 0 Å². The average Bonchev–Trinajstić information content (AvgIpc) is 2.63. The van der Waals surface area contributed by atoms with Gasteiger partial charge in [-0.1, -0.05) is 56.5 Å². The highest BCUT2D eigenvalue weighted by Crippen LogP contribution is 2.30. The van der Waals surface area contributed by atoms with Gasteiger partial charge in [-0.25, -0.2) is 0 Å². The molecule has 1 aromatic rings. The number of carbonyl (C=O) groups is 1. The summed E-state index contributed by atoms with van der Waals surface area (Å²) in [5.41, 5.74) is 3.72. The smallest absolute Gasteiger partial charge is 0.294 e. The van der Waals surface area contributed by atoms with Gasteiger partial charge in [0.15, 0.2) is 5.78 Å². The van der Waals surface area contributed by atoms with Gasteiger partial charge in [-0.05, 0) is 31.2 Å². The molecule has 0 aliphatic carbocycles. The molecule has 5 heteroatoms. The van der Waals surface area contributed by atoms with Crippen molar-refractivity contribution in [3.05, 3.63) is 47.2 Å². The Morgan fingerprint density at radius 1 is 1.00 bits per heavy atom. The molecule has 0 unspecified atom stereocenters. The Morgan fingerprint density at radius 2 is 1.67 bits per heavy atom. The van der Waals surface area contributed by atoms with Crippen LogP contribution in [0.1, 0.15) is 70.3 Å². The predicted molar refractivity (Wildman–Crippen MR) is 106 cm³/mol. The molecule has 0 N–H and O–H groups in total. The first-order valence-corrected chi connectivity index (χ1v) is 10.1. The summed E-state index contributed by atoms with van der Waals surface area (Å²) in [4.78, 5) is 12.6. The summed E-state index contributed by atoms with van der Waals surface area (Å²) in [6.45, 7) is 2.09. The third-order valence-corrected chi connectivity index (χ3v) is 4.47. The first kappa shape index (κ1) is 23.5. The number of carbonyl (C=O) groups excluding carboxylic acids is 1. The standard InChI is InChI=1S/C22H28ClF3O/c1-2-3-4-6-13-19(21(27)14-9-10-15-23)16-20(17-22(24,25)26)18-11-7-5-8-12-18/h5,7-8,11-12H,2-4,6,9-10,13-15,17H2,1H3. The van der Waals surface area contributed by atoms with Gasteiger partial charge in [0.1, 0.15) is 0 Å². The van der Waals surface area contributed by atoms with Gasteiger partial charge in [0.25, 0.3) is 0 Å². The average molecular weight is 401 g/mol. The van der Waals surface area contributed by atoms with Gasteiger partial charge in [-0.2, -0.15) is 13.2 Å². The molecule has 0 heterocycles. The van der Waals surface area contributed by atoms with Gasteiger partial charge >= 0.3 is 6.18 Å². The zero-order valence-electron chi connectivity index (χ0n) is 15.9. The van der Waals surface area contributed by atoms with E-state index in [2.05, 4.69) is 12.7 Å². The van der Waals surface area contributed by atoms with Crippen molar-refractivity contribution < 1.29 is 18.0 Å². The molecule has 0 spiro atoms. The van der Waals surface area contributed by atoms with Gasteiger partial charge in [0.05, 0.1) is 6.42 Å². The molecule has 1 rings (SSSR count). The number of hydrogen-bond acceptors (Lipinski definition) is 1. The first-order chi connectivity index (χ1) is 12.9. The molecule has 0 aromatic heterocycles. The van der Waals surface area contributed by atoms with Gasteiger partial charge in [-0.15, -0.1) is 17.3 Å². The molecular formula is C22H28ClF3O. The lowest BCUT2D eigenvalue weighted by Gasteiger charge is -2.10. The fourth-order valence-corrected chi connectivity index (χ4v) is 2.96. The minimum Gasteiger partial charge on any atom is -0.294 e. The van der Waals surface area contributed by atoms with Crippen LogP contribution >= 0.6 is 11.6 Å². The number of unbranched alkanes of at least 4 members (excludes halogenated alkanes) is 4. The van der Waals surface area contributed by atoms with E-state index in [0.29, 0.717) is 42.7 Å². The zero-order valence-corrected chi connectivity index (χ0v) is 16.6. The molecule has 0 aliphatic rings. The summed E-state index contributed by atoms with van der Waals surface area (Å²) < 4.78 is 39.2. The van der Waals surface area contributed by atoms with Crippen LogP contribution in [0.15, 0.2) is 41.6 Å². The minimum atomic E-state index is -4.35. The van der Waals surface area contributed by atoms with Crippen LogP contribution in [0.4, 0.5) is 13.2 Å². The maximum atomic E-state index is 13.1. The van der Waals surface area contributed by atoms with E-state index in [-0.39, 0.29) is 11.4 Å². The quantitative estimate of drug-likeness (QED) is 0.154. The molecule has 1 aromatic carbocycles. The van der Waals surface area contributed by atoms with Crippen LogP contribution in [-0.4, -0.2) is 17.8 Å². The van der Waals surface area contributed by atoms with Crippen molar-refractivity contribution in [1.29, 1.82) is 0 Å². The second-order valence-corrected chi connectivity index (χ2v) is 7.00. The molecule has 27 heavy (non-hydrogen) atoms. The van der Waals surface area contributed by atoms with Crippen molar-refractivity contribution in [1.82, 2.24) is 0 Å². The highest BCUT2D eigenvalue weighted by molar-refractivity contribution is 6.17. The molecule has 0 saturated heterocycles. The number of alkyl halides is 4. The number of ketones is 1. The van der Waals surface area contributed by atoms with E-state index < -0.39 is 12.6 Å². The number of hydrogen-bond donors (Lipinski definition) is 0. The van der Waals surface area contributed by atoms with Gasteiger partial charge in [0, 0.05) is 23.4 Å². The summed E-state index contributed by atoms with van der Waals surface area (Å²) in [6.07, 6.45) is 0.522. The number of benzene rings is 1. The lowest BCUT2D eigenvalue weighted by atomic mass is 9.96. The van der Waals surface area contributed by atoms with Crippen LogP contribution in [0.5, 0.6) is 0 Å². The fourth-order valence-electron chi connectivity index (χ4n) is 2.77. The molecule has 0 saturated carbocycles. The van der Waals surface area contributed by atoms with Crippen LogP contribution in [0.2, 0.25) is 0 Å². The monoisotopic (exact) mass is 400 g/mol. The Balaban J connectivity index is 3.21. The van der Waals surface area contributed by atoms with E-state index in [1.165, 1.54) is 0 Å². The maximum Gasteiger partial charge on any atom is 0.393 e. The highest BCUT2D eigenvalue weighted by Gasteiger charge is 2.29. The Kier molecular flexibility index (Phi) is 11.2. The predicted octanol–water partition coefficient (Wildman–Crippen LogP) is 7.50. The molecule has 0 radical (unpaired) electrons. The second kappa shape index (κ2) is 12.8. The summed E-state index contributed by atoms with van der Waals surface area (Å²) in [6, 6.07) is 8.39. The number of Topliss-reactive ketones (excluding diaryl/α,β-unsaturated/α-hetero) is 1. The van der Waals surface area contributed by atoms with Crippen molar-refractivity contribution in [2.75, 3.05) is 5.88 Å². The van der Waals surface area contributed by atoms with Crippen LogP contribution in [-0.2, 0) is 4.79 Å². The Bertz CT molecular complexity index is 629. The lowest BCUT2D eigenvalue weighted by molar-refractivity contribution is -0.123. The number of rotatable bonds is 12. The fraction of sp³-hybridized carbons (Fsp3) is 0.545. The van der Waals surface area contributed by atoms with E-state index in [9.17, 15) is 18.0 Å². The number of halogens is 4. The Labute approximate surface area is 165 Å². The van der Waals surface area contributed by atoms with Crippen LogP contribution in [0.3, 0.4) is 0 Å². The van der Waals surface area contributed by atoms with Crippen molar-refractivity contribution >= 4 is 23.0 Å². The lowest BCUT2D eigenvalue weighted by Crippen LogP contribution is -2.08. The molecular weight excluding hydrogens is 373 g/mol. The van der Waals surface area contributed by atoms with Gasteiger partial charge in [-0.3, -0.25) is 4.79 Å². The van der Waals surface area contributed by atoms with E-state index in [4.69, 9.17) is 11.6 Å². The Hall–Kier alpha value is -1.51. The third-order valence-electron chi connectivity index (χ3n) is 4.21. The normalized spacial score (nSPS) is 11.1. The van der Waals surface area contributed by atoms with Crippen LogP contribution in [0.25, 0.3) is 5.57 Å². The maximum absolute atomic E-state index is 13.1. The molecule has 0 atom stereocenters. The topological polar surface area (TPSA) is 17.1 Å². The summed E-state index contributed by atoms with van der Waals surface area (Å²) >= 11 is 5.66. The van der Waals surface area contributed by atoms with E-state index in [1.807, 2.05) is 0 Å². The molecule has 0 amide bonds. The van der Waals surface area contributed by atoms with E-state index >= 15 is 0 Å². The van der Waals surface area contributed by atoms with Crippen molar-refractivity contribution in [3.8, 4) is 0 Å². The Morgan fingerprint density at radius 3 is 2.26 bits per heavy atom. The zero-order chi connectivity index (χ0) is 20.1.